The van der Waals surface area contributed by atoms with Gasteiger partial charge < -0.3 is 15.3 Å². The van der Waals surface area contributed by atoms with E-state index >= 15 is 0 Å². The Morgan fingerprint density at radius 1 is 0.818 bits per heavy atom. The fourth-order valence-electron chi connectivity index (χ4n) is 2.21. The molecule has 0 saturated heterocycles. The monoisotopic (exact) mass is 321 g/mol. The molecule has 6 nitrogen and oxygen atoms in total. The molecule has 0 heterocycles. The zero-order valence-corrected chi connectivity index (χ0v) is 14.1. The normalized spacial score (nSPS) is 13.0. The van der Waals surface area contributed by atoms with Crippen molar-refractivity contribution in [2.45, 2.75) is 70.8 Å². The van der Waals surface area contributed by atoms with Crippen LogP contribution in [-0.4, -0.2) is 59.6 Å². The smallest absolute Gasteiger partial charge is 0.0942 e. The molecular weight excluding hydrogens is 286 g/mol. The minimum Gasteiger partial charge on any atom is -0.394 e. The Labute approximate surface area is 134 Å². The number of nitrogens with zero attached hydrogens (tertiary/aromatic N) is 1. The van der Waals surface area contributed by atoms with Crippen molar-refractivity contribution < 1.29 is 25.0 Å². The van der Waals surface area contributed by atoms with Crippen molar-refractivity contribution in [1.29, 1.82) is 0 Å². The molecule has 0 aliphatic heterocycles. The van der Waals surface area contributed by atoms with Crippen LogP contribution in [0.1, 0.15) is 64.7 Å². The van der Waals surface area contributed by atoms with Gasteiger partial charge in [0.2, 0.25) is 0 Å². The first-order valence-electron chi connectivity index (χ1n) is 8.67. The molecule has 0 aliphatic carbocycles. The molecule has 0 spiro atoms. The van der Waals surface area contributed by atoms with E-state index in [1.165, 1.54) is 38.5 Å². The predicted molar refractivity (Wildman–Crippen MR) is 86.0 cm³/mol. The fourth-order valence-corrected chi connectivity index (χ4v) is 2.21. The highest BCUT2D eigenvalue weighted by atomic mass is 16.9. The van der Waals surface area contributed by atoms with Gasteiger partial charge in [0.25, 0.3) is 0 Å². The van der Waals surface area contributed by atoms with Gasteiger partial charge in [-0.15, -0.1) is 0 Å². The summed E-state index contributed by atoms with van der Waals surface area (Å²) in [5, 5.41) is 28.6. The predicted octanol–water partition coefficient (Wildman–Crippen LogP) is 2.03. The van der Waals surface area contributed by atoms with Crippen LogP contribution >= 0.6 is 0 Å². The second-order valence-electron chi connectivity index (χ2n) is 5.55. The van der Waals surface area contributed by atoms with E-state index in [4.69, 9.17) is 19.9 Å². The molecule has 0 saturated carbocycles. The molecule has 3 N–H and O–H groups in total. The standard InChI is InChI=1S/C16H35NO5/c1-2-3-4-5-6-7-8-9-10-16(20)15-17(21-13-11-18)22-14-12-19/h16,18-20H,2-15H2,1H3. The SMILES string of the molecule is CCCCCCCCCCC(O)CN(OCCO)OCCO. The highest BCUT2D eigenvalue weighted by molar-refractivity contribution is 4.57. The molecule has 0 bridgehead atoms. The average Bonchev–Trinajstić information content (AvgIpc) is 2.52. The summed E-state index contributed by atoms with van der Waals surface area (Å²) in [4.78, 5) is 10.3. The second-order valence-corrected chi connectivity index (χ2v) is 5.55. The molecule has 0 aromatic rings. The van der Waals surface area contributed by atoms with E-state index in [1.807, 2.05) is 0 Å². The summed E-state index contributed by atoms with van der Waals surface area (Å²) < 4.78 is 0. The molecule has 0 radical (unpaired) electrons. The molecule has 0 aromatic heterocycles. The summed E-state index contributed by atoms with van der Waals surface area (Å²) in [5.74, 6) is 0. The Bertz CT molecular complexity index is 211. The minimum atomic E-state index is -0.530. The van der Waals surface area contributed by atoms with Crippen LogP contribution in [0.25, 0.3) is 0 Å². The first-order chi connectivity index (χ1) is 10.7. The molecular formula is C16H35NO5. The molecule has 0 amide bonds. The Kier molecular flexibility index (Phi) is 16.9. The maximum Gasteiger partial charge on any atom is 0.0942 e. The lowest BCUT2D eigenvalue weighted by Gasteiger charge is -2.22. The maximum atomic E-state index is 9.96. The van der Waals surface area contributed by atoms with Gasteiger partial charge in [0.05, 0.1) is 39.1 Å². The maximum absolute atomic E-state index is 9.96. The third kappa shape index (κ3) is 14.7. The molecule has 0 aromatic carbocycles. The summed E-state index contributed by atoms with van der Waals surface area (Å²) in [5.41, 5.74) is 0. The van der Waals surface area contributed by atoms with E-state index in [1.54, 1.807) is 0 Å². The highest BCUT2D eigenvalue weighted by Gasteiger charge is 2.13. The molecule has 1 unspecified atom stereocenters. The van der Waals surface area contributed by atoms with Gasteiger partial charge in [-0.25, -0.2) is 0 Å². The van der Waals surface area contributed by atoms with Crippen LogP contribution < -0.4 is 0 Å². The second kappa shape index (κ2) is 17.1. The Morgan fingerprint density at radius 2 is 1.32 bits per heavy atom. The van der Waals surface area contributed by atoms with Crippen molar-refractivity contribution in [3.8, 4) is 0 Å². The van der Waals surface area contributed by atoms with Crippen molar-refractivity contribution in [3.05, 3.63) is 0 Å². The molecule has 22 heavy (non-hydrogen) atoms. The third-order valence-corrected chi connectivity index (χ3v) is 3.40. The van der Waals surface area contributed by atoms with Crippen molar-refractivity contribution >= 4 is 0 Å². The van der Waals surface area contributed by atoms with Crippen LogP contribution in [0, 0.1) is 0 Å². The van der Waals surface area contributed by atoms with E-state index in [0.29, 0.717) is 6.42 Å². The van der Waals surface area contributed by atoms with Crippen molar-refractivity contribution in [2.75, 3.05) is 33.0 Å². The summed E-state index contributed by atoms with van der Waals surface area (Å²) in [7, 11) is 0. The van der Waals surface area contributed by atoms with Gasteiger partial charge >= 0.3 is 0 Å². The van der Waals surface area contributed by atoms with Crippen LogP contribution in [0.2, 0.25) is 0 Å². The first kappa shape index (κ1) is 21.8. The van der Waals surface area contributed by atoms with Crippen LogP contribution in [-0.2, 0) is 9.68 Å². The molecule has 0 fully saturated rings. The van der Waals surface area contributed by atoms with Crippen LogP contribution in [0.4, 0.5) is 0 Å². The summed E-state index contributed by atoms with van der Waals surface area (Å²) >= 11 is 0. The van der Waals surface area contributed by atoms with E-state index in [0.717, 1.165) is 18.1 Å². The van der Waals surface area contributed by atoms with Crippen LogP contribution in [0.5, 0.6) is 0 Å². The van der Waals surface area contributed by atoms with Crippen molar-refractivity contribution in [3.63, 3.8) is 0 Å². The average molecular weight is 321 g/mol. The molecule has 6 heteroatoms. The Hall–Kier alpha value is -0.240. The lowest BCUT2D eigenvalue weighted by molar-refractivity contribution is -0.377. The summed E-state index contributed by atoms with van der Waals surface area (Å²) in [6.07, 6.45) is 10.1. The third-order valence-electron chi connectivity index (χ3n) is 3.40. The van der Waals surface area contributed by atoms with Crippen molar-refractivity contribution in [1.82, 2.24) is 5.23 Å². The summed E-state index contributed by atoms with van der Waals surface area (Å²) in [6, 6.07) is 0. The van der Waals surface area contributed by atoms with Gasteiger partial charge in [0.1, 0.15) is 0 Å². The summed E-state index contributed by atoms with van der Waals surface area (Å²) in [6.45, 7) is 2.42. The number of hydrogen-bond acceptors (Lipinski definition) is 6. The number of unbranched alkanes of at least 4 members (excludes halogenated alkanes) is 7. The number of hydroxylamine groups is 2. The number of hydrogen-bond donors (Lipinski definition) is 3. The lowest BCUT2D eigenvalue weighted by atomic mass is 10.1. The molecule has 134 valence electrons. The highest BCUT2D eigenvalue weighted by Crippen LogP contribution is 2.11. The van der Waals surface area contributed by atoms with Gasteiger partial charge in [0, 0.05) is 0 Å². The Morgan fingerprint density at radius 3 is 1.82 bits per heavy atom. The molecule has 0 rings (SSSR count). The molecule has 0 aliphatic rings. The van der Waals surface area contributed by atoms with Gasteiger partial charge in [-0.3, -0.25) is 9.68 Å². The van der Waals surface area contributed by atoms with Gasteiger partial charge in [-0.2, -0.15) is 0 Å². The van der Waals surface area contributed by atoms with E-state index in [2.05, 4.69) is 6.92 Å². The number of aliphatic hydroxyl groups excluding tert-OH is 3. The van der Waals surface area contributed by atoms with Gasteiger partial charge in [-0.1, -0.05) is 63.5 Å². The van der Waals surface area contributed by atoms with Crippen molar-refractivity contribution in [2.24, 2.45) is 0 Å². The topological polar surface area (TPSA) is 82.4 Å². The number of rotatable bonds is 17. The fraction of sp³-hybridized carbons (Fsp3) is 1.00. The van der Waals surface area contributed by atoms with Crippen LogP contribution in [0.3, 0.4) is 0 Å². The molecule has 1 atom stereocenters. The van der Waals surface area contributed by atoms with E-state index in [9.17, 15) is 5.11 Å². The largest absolute Gasteiger partial charge is 0.394 e. The van der Waals surface area contributed by atoms with E-state index < -0.39 is 6.10 Å². The lowest BCUT2D eigenvalue weighted by Crippen LogP contribution is -2.34. The van der Waals surface area contributed by atoms with Gasteiger partial charge in [0.15, 0.2) is 0 Å². The Balaban J connectivity index is 3.59. The zero-order chi connectivity index (χ0) is 16.5. The van der Waals surface area contributed by atoms with E-state index in [-0.39, 0.29) is 33.0 Å². The minimum absolute atomic E-state index is 0.107. The van der Waals surface area contributed by atoms with Gasteiger partial charge in [-0.05, 0) is 6.42 Å². The zero-order valence-electron chi connectivity index (χ0n) is 14.1. The van der Waals surface area contributed by atoms with Crippen LogP contribution in [0.15, 0.2) is 0 Å². The quantitative estimate of drug-likeness (QED) is 0.281. The first-order valence-corrected chi connectivity index (χ1v) is 8.67. The number of aliphatic hydroxyl groups is 3.